The van der Waals surface area contributed by atoms with Crippen molar-refractivity contribution in [2.75, 3.05) is 6.61 Å². The predicted octanol–water partition coefficient (Wildman–Crippen LogP) is 8.53. The summed E-state index contributed by atoms with van der Waals surface area (Å²) in [6.45, 7) is 5.16. The van der Waals surface area contributed by atoms with E-state index in [4.69, 9.17) is 4.74 Å². The van der Waals surface area contributed by atoms with Crippen molar-refractivity contribution < 1.29 is 9.53 Å². The third kappa shape index (κ3) is 25.4. The number of carbonyl (C=O) groups excluding carboxylic acids is 1. The first-order valence-corrected chi connectivity index (χ1v) is 12.0. The van der Waals surface area contributed by atoms with E-state index < -0.39 is 0 Å². The Hall–Kier alpha value is -0.570. The van der Waals surface area contributed by atoms with E-state index in [1.165, 1.54) is 109 Å². The van der Waals surface area contributed by atoms with Crippen molar-refractivity contribution in [2.24, 2.45) is 0 Å². The fourth-order valence-corrected chi connectivity index (χ4v) is 3.43. The van der Waals surface area contributed by atoms with Gasteiger partial charge in [0, 0.05) is 6.42 Å². The summed E-state index contributed by atoms with van der Waals surface area (Å²) in [4.78, 5) is 11.7. The van der Waals surface area contributed by atoms with E-state index in [1.54, 1.807) is 0 Å². The first-order valence-electron chi connectivity index (χ1n) is 12.0. The van der Waals surface area contributed by atoms with Gasteiger partial charge in [-0.25, -0.2) is 0 Å². The summed E-state index contributed by atoms with van der Waals surface area (Å²) in [7, 11) is 0. The quantitative estimate of drug-likeness (QED) is 0.159. The summed E-state index contributed by atoms with van der Waals surface area (Å²) in [5, 5.41) is 0. The van der Waals surface area contributed by atoms with Gasteiger partial charge in [0.1, 0.15) is 0 Å². The monoisotopic (exact) mass is 385 g/mol. The Labute approximate surface area is 171 Å². The van der Waals surface area contributed by atoms with E-state index in [0.717, 1.165) is 12.8 Å². The van der Waals surface area contributed by atoms with Crippen LogP contribution in [0.3, 0.4) is 0 Å². The summed E-state index contributed by atoms with van der Waals surface area (Å²) in [6, 6.07) is 0. The molecule has 0 spiro atoms. The molecule has 0 aromatic rings. The van der Waals surface area contributed by atoms with Gasteiger partial charge in [0.05, 0.1) is 6.61 Å². The topological polar surface area (TPSA) is 61.3 Å². The van der Waals surface area contributed by atoms with E-state index in [9.17, 15) is 4.79 Å². The van der Waals surface area contributed by atoms with Crippen molar-refractivity contribution in [1.29, 1.82) is 0 Å². The van der Waals surface area contributed by atoms with E-state index in [2.05, 4.69) is 13.8 Å². The molecule has 3 nitrogen and oxygen atoms in total. The van der Waals surface area contributed by atoms with Crippen LogP contribution in [0.2, 0.25) is 0 Å². The van der Waals surface area contributed by atoms with Gasteiger partial charge in [0.25, 0.3) is 0 Å². The Bertz CT molecular complexity index is 282. The smallest absolute Gasteiger partial charge is 0.305 e. The second-order valence-electron chi connectivity index (χ2n) is 7.98. The molecule has 0 atom stereocenters. The highest BCUT2D eigenvalue weighted by molar-refractivity contribution is 5.69. The molecule has 0 aromatic carbocycles. The van der Waals surface area contributed by atoms with Crippen LogP contribution in [0.4, 0.5) is 0 Å². The van der Waals surface area contributed by atoms with Crippen molar-refractivity contribution in [3.05, 3.63) is 0 Å². The Kier molecular flexibility index (Phi) is 27.0. The maximum Gasteiger partial charge on any atom is 0.305 e. The highest BCUT2D eigenvalue weighted by Gasteiger charge is 2.02. The Morgan fingerprint density at radius 3 is 1.26 bits per heavy atom. The fourth-order valence-electron chi connectivity index (χ4n) is 3.43. The lowest BCUT2D eigenvalue weighted by atomic mass is 10.1. The van der Waals surface area contributed by atoms with Gasteiger partial charge in [-0.1, -0.05) is 123 Å². The van der Waals surface area contributed by atoms with Crippen LogP contribution in [0.5, 0.6) is 0 Å². The summed E-state index contributed by atoms with van der Waals surface area (Å²) >= 11 is 0. The molecule has 0 saturated carbocycles. The lowest BCUT2D eigenvalue weighted by Crippen LogP contribution is -2.05. The molecule has 0 amide bonds. The maximum absolute atomic E-state index is 11.7. The van der Waals surface area contributed by atoms with Crippen molar-refractivity contribution >= 4 is 5.97 Å². The minimum atomic E-state index is 0. The van der Waals surface area contributed by atoms with Crippen LogP contribution in [0.1, 0.15) is 142 Å². The minimum absolute atomic E-state index is 0. The lowest BCUT2D eigenvalue weighted by molar-refractivity contribution is -0.143. The molecule has 27 heavy (non-hydrogen) atoms. The van der Waals surface area contributed by atoms with Gasteiger partial charge >= 0.3 is 5.97 Å². The molecular weight excluding hydrogens is 334 g/mol. The summed E-state index contributed by atoms with van der Waals surface area (Å²) in [6.07, 6.45) is 25.5. The summed E-state index contributed by atoms with van der Waals surface area (Å²) in [5.41, 5.74) is 0. The number of ether oxygens (including phenoxy) is 1. The van der Waals surface area contributed by atoms with E-state index in [1.807, 2.05) is 0 Å². The molecule has 0 saturated heterocycles. The van der Waals surface area contributed by atoms with Gasteiger partial charge in [0.2, 0.25) is 0 Å². The second-order valence-corrected chi connectivity index (χ2v) is 7.98. The normalized spacial score (nSPS) is 10.6. The van der Waals surface area contributed by atoms with Gasteiger partial charge in [-0.3, -0.25) is 4.79 Å². The highest BCUT2D eigenvalue weighted by atomic mass is 16.5. The third-order valence-corrected chi connectivity index (χ3v) is 5.25. The van der Waals surface area contributed by atoms with Gasteiger partial charge in [-0.2, -0.15) is 0 Å². The van der Waals surface area contributed by atoms with E-state index >= 15 is 0 Å². The molecule has 3 heteroatoms. The highest BCUT2D eigenvalue weighted by Crippen LogP contribution is 2.12. The van der Waals surface area contributed by atoms with Crippen LogP contribution in [0.25, 0.3) is 0 Å². The molecule has 0 bridgehead atoms. The van der Waals surface area contributed by atoms with Gasteiger partial charge in [0.15, 0.2) is 0 Å². The molecule has 0 radical (unpaired) electrons. The van der Waals surface area contributed by atoms with Crippen molar-refractivity contribution in [2.45, 2.75) is 142 Å². The zero-order chi connectivity index (χ0) is 19.1. The Morgan fingerprint density at radius 1 is 0.519 bits per heavy atom. The number of esters is 1. The van der Waals surface area contributed by atoms with Gasteiger partial charge < -0.3 is 10.9 Å². The van der Waals surface area contributed by atoms with Crippen LogP contribution in [0.15, 0.2) is 0 Å². The lowest BCUT2D eigenvalue weighted by Gasteiger charge is -2.05. The third-order valence-electron chi connectivity index (χ3n) is 5.25. The summed E-state index contributed by atoms with van der Waals surface area (Å²) < 4.78 is 5.35. The zero-order valence-electron chi connectivity index (χ0n) is 18.9. The molecule has 0 rings (SSSR count). The molecule has 0 aliphatic rings. The number of hydrogen-bond donors (Lipinski definition) is 1. The number of carbonyl (C=O) groups is 1. The first kappa shape index (κ1) is 28.6. The van der Waals surface area contributed by atoms with E-state index in [0.29, 0.717) is 13.0 Å². The summed E-state index contributed by atoms with van der Waals surface area (Å²) in [5.74, 6) is 0.0175. The SMILES string of the molecule is CCCCCCCCCCCCOC(=O)CCCCCCCCCCC.N. The molecule has 0 heterocycles. The number of unbranched alkanes of at least 4 members (excludes halogenated alkanes) is 17. The fraction of sp³-hybridized carbons (Fsp3) is 0.958. The van der Waals surface area contributed by atoms with Crippen LogP contribution in [-0.4, -0.2) is 12.6 Å². The van der Waals surface area contributed by atoms with Crippen LogP contribution < -0.4 is 6.15 Å². The number of hydrogen-bond acceptors (Lipinski definition) is 3. The zero-order valence-corrected chi connectivity index (χ0v) is 18.9. The Morgan fingerprint density at radius 2 is 0.852 bits per heavy atom. The standard InChI is InChI=1S/C24H48O2.H3N/c1-3-5-7-9-11-13-15-17-19-21-23-26-24(25)22-20-18-16-14-12-10-8-6-4-2;/h3-23H2,1-2H3;1H3. The average molecular weight is 386 g/mol. The molecule has 0 unspecified atom stereocenters. The molecule has 0 aliphatic heterocycles. The Balaban J connectivity index is 0. The van der Waals surface area contributed by atoms with Gasteiger partial charge in [-0.15, -0.1) is 0 Å². The molecule has 3 N–H and O–H groups in total. The molecule has 164 valence electrons. The first-order chi connectivity index (χ1) is 12.8. The van der Waals surface area contributed by atoms with Crippen molar-refractivity contribution in [3.8, 4) is 0 Å². The van der Waals surface area contributed by atoms with Gasteiger partial charge in [-0.05, 0) is 12.8 Å². The van der Waals surface area contributed by atoms with Crippen molar-refractivity contribution in [3.63, 3.8) is 0 Å². The average Bonchev–Trinajstić information content (AvgIpc) is 2.64. The number of rotatable bonds is 21. The second kappa shape index (κ2) is 25.4. The maximum atomic E-state index is 11.7. The molecular formula is C24H51NO2. The molecule has 0 fully saturated rings. The van der Waals surface area contributed by atoms with Crippen LogP contribution in [-0.2, 0) is 9.53 Å². The van der Waals surface area contributed by atoms with Crippen LogP contribution >= 0.6 is 0 Å². The molecule has 0 aromatic heterocycles. The van der Waals surface area contributed by atoms with E-state index in [-0.39, 0.29) is 12.1 Å². The molecule has 0 aliphatic carbocycles. The largest absolute Gasteiger partial charge is 0.466 e. The predicted molar refractivity (Wildman–Crippen MR) is 120 cm³/mol. The minimum Gasteiger partial charge on any atom is -0.466 e. The van der Waals surface area contributed by atoms with Crippen LogP contribution in [0, 0.1) is 0 Å². The van der Waals surface area contributed by atoms with Crippen molar-refractivity contribution in [1.82, 2.24) is 6.15 Å².